The normalized spacial score (nSPS) is 18.7. The summed E-state index contributed by atoms with van der Waals surface area (Å²) in [4.78, 5) is 14.2. The molecule has 6 rings (SSSR count). The summed E-state index contributed by atoms with van der Waals surface area (Å²) in [6.45, 7) is 7.06. The molecule has 0 amide bonds. The lowest BCUT2D eigenvalue weighted by Crippen LogP contribution is -2.45. The molecule has 0 aliphatic carbocycles. The molecule has 2 fully saturated rings. The molecule has 2 aromatic carbocycles. The van der Waals surface area contributed by atoms with Crippen LogP contribution in [0.15, 0.2) is 24.3 Å². The number of anilines is 1. The zero-order valence-electron chi connectivity index (χ0n) is 21.5. The lowest BCUT2D eigenvalue weighted by Gasteiger charge is -2.32. The summed E-state index contributed by atoms with van der Waals surface area (Å²) in [7, 11) is 2.15. The van der Waals surface area contributed by atoms with Crippen LogP contribution in [0.4, 0.5) is 5.82 Å². The Bertz CT molecular complexity index is 1310. The molecule has 3 aliphatic heterocycles. The van der Waals surface area contributed by atoms with Crippen LogP contribution in [0.1, 0.15) is 12.8 Å². The number of fused-ring (bicyclic) bond motifs is 2. The Kier molecular flexibility index (Phi) is 7.29. The Balaban J connectivity index is 1.34. The molecule has 10 nitrogen and oxygen atoms in total. The van der Waals surface area contributed by atoms with Gasteiger partial charge in [-0.3, -0.25) is 4.90 Å². The van der Waals surface area contributed by atoms with Crippen LogP contribution in [0.25, 0.3) is 22.3 Å². The van der Waals surface area contributed by atoms with E-state index in [0.29, 0.717) is 75.9 Å². The molecule has 0 saturated carbocycles. The molecule has 2 N–H and O–H groups in total. The van der Waals surface area contributed by atoms with Gasteiger partial charge in [0, 0.05) is 57.7 Å². The van der Waals surface area contributed by atoms with E-state index in [2.05, 4.69) is 21.8 Å². The second kappa shape index (κ2) is 11.0. The largest absolute Gasteiger partial charge is 0.492 e. The molecular formula is C27H32ClN5O5. The topological polar surface area (TPSA) is 104 Å². The van der Waals surface area contributed by atoms with E-state index in [1.165, 1.54) is 0 Å². The van der Waals surface area contributed by atoms with Crippen molar-refractivity contribution in [1.29, 1.82) is 0 Å². The first-order valence-electron chi connectivity index (χ1n) is 13.0. The van der Waals surface area contributed by atoms with Crippen LogP contribution >= 0.6 is 11.6 Å². The standard InChI is InChI=1S/C27H32ClN5O5/c1-32-6-8-33(9-7-32)10-13-35-18-14-20-24(22(15-18)38-17-4-11-34-12-5-17)26(29)31-27(30-20)23-19(28)2-3-21-25(23)37-16-36-21/h2-3,14-15,17H,4-13,16H2,1H3,(H2,29,30,31). The van der Waals surface area contributed by atoms with Crippen LogP contribution in [-0.2, 0) is 4.74 Å². The van der Waals surface area contributed by atoms with Gasteiger partial charge in [0.15, 0.2) is 17.3 Å². The van der Waals surface area contributed by atoms with Crippen LogP contribution in [0.3, 0.4) is 0 Å². The fraction of sp³-hybridized carbons (Fsp3) is 0.481. The third-order valence-corrected chi connectivity index (χ3v) is 7.52. The van der Waals surface area contributed by atoms with Crippen LogP contribution in [0.5, 0.6) is 23.0 Å². The molecule has 4 heterocycles. The van der Waals surface area contributed by atoms with Crippen molar-refractivity contribution in [1.82, 2.24) is 19.8 Å². The monoisotopic (exact) mass is 541 g/mol. The molecule has 1 aromatic heterocycles. The zero-order valence-corrected chi connectivity index (χ0v) is 22.2. The van der Waals surface area contributed by atoms with Crippen LogP contribution in [-0.4, -0.2) is 92.3 Å². The Morgan fingerprint density at radius 3 is 2.71 bits per heavy atom. The first-order valence-corrected chi connectivity index (χ1v) is 13.4. The molecule has 2 saturated heterocycles. The van der Waals surface area contributed by atoms with Crippen molar-refractivity contribution in [3.63, 3.8) is 0 Å². The van der Waals surface area contributed by atoms with Gasteiger partial charge in [0.05, 0.1) is 34.7 Å². The van der Waals surface area contributed by atoms with E-state index in [9.17, 15) is 0 Å². The molecule has 0 atom stereocenters. The highest BCUT2D eigenvalue weighted by Crippen LogP contribution is 2.45. The second-order valence-corrected chi connectivity index (χ2v) is 10.2. The van der Waals surface area contributed by atoms with Gasteiger partial charge >= 0.3 is 0 Å². The van der Waals surface area contributed by atoms with Gasteiger partial charge in [-0.1, -0.05) is 11.6 Å². The predicted molar refractivity (Wildman–Crippen MR) is 144 cm³/mol. The summed E-state index contributed by atoms with van der Waals surface area (Å²) in [5, 5.41) is 1.10. The fourth-order valence-electron chi connectivity index (χ4n) is 5.01. The number of nitrogens with two attached hydrogens (primary N) is 1. The van der Waals surface area contributed by atoms with Gasteiger partial charge in [0.1, 0.15) is 30.0 Å². The Labute approximate surface area is 226 Å². The molecule has 3 aromatic rings. The molecule has 0 radical (unpaired) electrons. The van der Waals surface area contributed by atoms with Crippen molar-refractivity contribution < 1.29 is 23.7 Å². The molecule has 0 spiro atoms. The van der Waals surface area contributed by atoms with E-state index in [1.54, 1.807) is 12.1 Å². The summed E-state index contributed by atoms with van der Waals surface area (Å²) in [5.41, 5.74) is 7.69. The number of rotatable bonds is 7. The van der Waals surface area contributed by atoms with Gasteiger partial charge < -0.3 is 34.3 Å². The van der Waals surface area contributed by atoms with Gasteiger partial charge in [-0.15, -0.1) is 0 Å². The van der Waals surface area contributed by atoms with Gasteiger partial charge in [-0.05, 0) is 19.2 Å². The number of benzene rings is 2. The number of ether oxygens (including phenoxy) is 5. The smallest absolute Gasteiger partial charge is 0.231 e. The number of piperazine rings is 1. The Morgan fingerprint density at radius 2 is 1.89 bits per heavy atom. The van der Waals surface area contributed by atoms with Crippen LogP contribution in [0.2, 0.25) is 5.02 Å². The van der Waals surface area contributed by atoms with Crippen molar-refractivity contribution in [2.24, 2.45) is 0 Å². The van der Waals surface area contributed by atoms with Crippen molar-refractivity contribution >= 4 is 28.3 Å². The first kappa shape index (κ1) is 25.2. The van der Waals surface area contributed by atoms with Gasteiger partial charge in [0.2, 0.25) is 6.79 Å². The maximum Gasteiger partial charge on any atom is 0.231 e. The van der Waals surface area contributed by atoms with Crippen molar-refractivity contribution in [2.45, 2.75) is 18.9 Å². The summed E-state index contributed by atoms with van der Waals surface area (Å²) in [6, 6.07) is 7.29. The van der Waals surface area contributed by atoms with E-state index in [-0.39, 0.29) is 12.9 Å². The number of likely N-dealkylation sites (N-methyl/N-ethyl adjacent to an activating group) is 1. The average molecular weight is 542 g/mol. The first-order chi connectivity index (χ1) is 18.5. The van der Waals surface area contributed by atoms with Crippen molar-refractivity contribution in [3.05, 3.63) is 29.3 Å². The molecule has 3 aliphatic rings. The summed E-state index contributed by atoms with van der Waals surface area (Å²) >= 11 is 6.56. The summed E-state index contributed by atoms with van der Waals surface area (Å²) < 4.78 is 29.4. The average Bonchev–Trinajstić information content (AvgIpc) is 3.39. The highest BCUT2D eigenvalue weighted by Gasteiger charge is 2.26. The highest BCUT2D eigenvalue weighted by molar-refractivity contribution is 6.33. The maximum atomic E-state index is 6.56. The maximum absolute atomic E-state index is 6.56. The number of hydrogen-bond acceptors (Lipinski definition) is 10. The molecule has 0 unspecified atom stereocenters. The number of hydrogen-bond donors (Lipinski definition) is 1. The fourth-order valence-corrected chi connectivity index (χ4v) is 5.25. The lowest BCUT2D eigenvalue weighted by molar-refractivity contribution is 0.0261. The molecule has 202 valence electrons. The zero-order chi connectivity index (χ0) is 26.1. The minimum Gasteiger partial charge on any atom is -0.492 e. The van der Waals surface area contributed by atoms with E-state index in [4.69, 9.17) is 46.0 Å². The van der Waals surface area contributed by atoms with Crippen LogP contribution < -0.4 is 24.7 Å². The number of nitrogen functional groups attached to an aromatic ring is 1. The molecule has 38 heavy (non-hydrogen) atoms. The SMILES string of the molecule is CN1CCN(CCOc2cc(OC3CCOCC3)c3c(N)nc(-c4c(Cl)ccc5c4OCO5)nc3c2)CC1. The molecule has 0 bridgehead atoms. The third-order valence-electron chi connectivity index (χ3n) is 7.21. The lowest BCUT2D eigenvalue weighted by atomic mass is 10.1. The Morgan fingerprint density at radius 1 is 1.08 bits per heavy atom. The minimum absolute atomic E-state index is 0.0176. The second-order valence-electron chi connectivity index (χ2n) is 9.83. The van der Waals surface area contributed by atoms with E-state index in [1.807, 2.05) is 12.1 Å². The van der Waals surface area contributed by atoms with E-state index < -0.39 is 0 Å². The van der Waals surface area contributed by atoms with E-state index >= 15 is 0 Å². The number of halogens is 1. The Hall–Kier alpha value is -3.05. The minimum atomic E-state index is 0.0176. The van der Waals surface area contributed by atoms with Crippen molar-refractivity contribution in [2.75, 3.05) is 72.1 Å². The number of nitrogens with zero attached hydrogens (tertiary/aromatic N) is 4. The van der Waals surface area contributed by atoms with Gasteiger partial charge in [-0.25, -0.2) is 9.97 Å². The van der Waals surface area contributed by atoms with Crippen LogP contribution in [0, 0.1) is 0 Å². The predicted octanol–water partition coefficient (Wildman–Crippen LogP) is 3.45. The number of aromatic nitrogens is 2. The quantitative estimate of drug-likeness (QED) is 0.478. The summed E-state index contributed by atoms with van der Waals surface area (Å²) in [6.07, 6.45) is 1.62. The highest BCUT2D eigenvalue weighted by atomic mass is 35.5. The molecule has 11 heteroatoms. The van der Waals surface area contributed by atoms with Gasteiger partial charge in [0.25, 0.3) is 0 Å². The van der Waals surface area contributed by atoms with Gasteiger partial charge in [-0.2, -0.15) is 0 Å². The summed E-state index contributed by atoms with van der Waals surface area (Å²) in [5.74, 6) is 3.03. The molecular weight excluding hydrogens is 510 g/mol. The third kappa shape index (κ3) is 5.26. The van der Waals surface area contributed by atoms with Crippen molar-refractivity contribution in [3.8, 4) is 34.4 Å². The van der Waals surface area contributed by atoms with E-state index in [0.717, 1.165) is 45.6 Å².